The molecule has 27 heavy (non-hydrogen) atoms. The lowest BCUT2D eigenvalue weighted by Gasteiger charge is -2.10. The van der Waals surface area contributed by atoms with Crippen LogP contribution < -0.4 is 10.9 Å². The van der Waals surface area contributed by atoms with Crippen LogP contribution >= 0.6 is 0 Å². The third-order valence-corrected chi connectivity index (χ3v) is 4.43. The summed E-state index contributed by atoms with van der Waals surface area (Å²) >= 11 is 0. The number of nitrogens with zero attached hydrogens (tertiary/aromatic N) is 3. The first-order valence-electron chi connectivity index (χ1n) is 8.49. The summed E-state index contributed by atoms with van der Waals surface area (Å²) < 4.78 is 6.57. The zero-order valence-electron chi connectivity index (χ0n) is 15.3. The first-order valence-corrected chi connectivity index (χ1v) is 8.49. The quantitative estimate of drug-likeness (QED) is 0.625. The number of amides is 1. The molecule has 0 radical (unpaired) electrons. The van der Waals surface area contributed by atoms with Crippen LogP contribution in [-0.4, -0.2) is 49.7 Å². The van der Waals surface area contributed by atoms with E-state index in [0.717, 1.165) is 5.57 Å². The van der Waals surface area contributed by atoms with Crippen LogP contribution in [0, 0.1) is 11.3 Å². The Morgan fingerprint density at radius 1 is 1.52 bits per heavy atom. The van der Waals surface area contributed by atoms with Gasteiger partial charge in [0.05, 0.1) is 12.0 Å². The summed E-state index contributed by atoms with van der Waals surface area (Å²) in [5, 5.41) is 12.2. The molecule has 0 aromatic carbocycles. The Bertz CT molecular complexity index is 989. The van der Waals surface area contributed by atoms with Crippen molar-refractivity contribution in [2.45, 2.75) is 27.2 Å². The van der Waals surface area contributed by atoms with Crippen molar-refractivity contribution in [1.29, 1.82) is 0 Å². The second kappa shape index (κ2) is 6.95. The molecule has 1 aliphatic rings. The number of carbonyl (C=O) groups is 2. The zero-order valence-corrected chi connectivity index (χ0v) is 15.3. The van der Waals surface area contributed by atoms with Crippen LogP contribution in [0.15, 0.2) is 16.7 Å². The molecule has 0 aliphatic heterocycles. The van der Waals surface area contributed by atoms with E-state index in [0.29, 0.717) is 6.42 Å². The van der Waals surface area contributed by atoms with Crippen molar-refractivity contribution in [2.24, 2.45) is 11.3 Å². The van der Waals surface area contributed by atoms with E-state index < -0.39 is 16.9 Å². The molecule has 10 nitrogen and oxygen atoms in total. The predicted octanol–water partition coefficient (Wildman–Crippen LogP) is 0.501. The van der Waals surface area contributed by atoms with Gasteiger partial charge in [-0.3, -0.25) is 29.3 Å². The molecule has 1 amide bonds. The number of aliphatic hydroxyl groups excluding tert-OH is 1. The highest BCUT2D eigenvalue weighted by molar-refractivity contribution is 5.91. The average Bonchev–Trinajstić information content (AvgIpc) is 3.15. The molecule has 0 saturated heterocycles. The number of ether oxygens (including phenoxy) is 1. The minimum Gasteiger partial charge on any atom is -0.465 e. The van der Waals surface area contributed by atoms with Gasteiger partial charge < -0.3 is 9.84 Å². The van der Waals surface area contributed by atoms with E-state index in [1.807, 2.05) is 0 Å². The van der Waals surface area contributed by atoms with Crippen LogP contribution in [0.2, 0.25) is 0 Å². The number of aliphatic hydroxyl groups is 1. The molecule has 1 aliphatic carbocycles. The fourth-order valence-corrected chi connectivity index (χ4v) is 2.60. The number of aromatic nitrogens is 4. The highest BCUT2D eigenvalue weighted by atomic mass is 16.5. The fraction of sp³-hybridized carbons (Fsp3) is 0.471. The minimum atomic E-state index is -0.613. The molecule has 1 atom stereocenters. The summed E-state index contributed by atoms with van der Waals surface area (Å²) in [7, 11) is 0. The number of hydrogen-bond acceptors (Lipinski definition) is 7. The van der Waals surface area contributed by atoms with Crippen molar-refractivity contribution < 1.29 is 19.4 Å². The van der Waals surface area contributed by atoms with Gasteiger partial charge in [0.2, 0.25) is 11.9 Å². The third-order valence-electron chi connectivity index (χ3n) is 4.43. The van der Waals surface area contributed by atoms with E-state index in [-0.39, 0.29) is 42.2 Å². The number of fused-ring (bicyclic) bond motifs is 1. The van der Waals surface area contributed by atoms with Gasteiger partial charge in [-0.05, 0) is 12.0 Å². The zero-order chi connectivity index (χ0) is 19.8. The van der Waals surface area contributed by atoms with Gasteiger partial charge >= 0.3 is 5.97 Å². The van der Waals surface area contributed by atoms with Gasteiger partial charge in [0, 0.05) is 19.0 Å². The van der Waals surface area contributed by atoms with Gasteiger partial charge in [-0.2, -0.15) is 4.98 Å². The summed E-state index contributed by atoms with van der Waals surface area (Å²) in [4.78, 5) is 45.9. The van der Waals surface area contributed by atoms with Crippen molar-refractivity contribution in [3.05, 3.63) is 22.3 Å². The molecule has 2 aromatic rings. The Kier molecular flexibility index (Phi) is 4.83. The van der Waals surface area contributed by atoms with Crippen molar-refractivity contribution >= 4 is 35.2 Å². The third kappa shape index (κ3) is 3.75. The largest absolute Gasteiger partial charge is 0.465 e. The van der Waals surface area contributed by atoms with E-state index in [4.69, 9.17) is 4.74 Å². The van der Waals surface area contributed by atoms with Gasteiger partial charge in [-0.25, -0.2) is 4.98 Å². The number of rotatable bonds is 6. The molecule has 144 valence electrons. The number of imidazole rings is 1. The SMILES string of the molecule is CC(=O)OC[C@@]1(CO)C/C1=C/n1cnc2c(=O)[nH]c(NC(=O)C(C)C)nc21. The summed E-state index contributed by atoms with van der Waals surface area (Å²) in [5.41, 5.74) is 0.167. The number of anilines is 1. The summed E-state index contributed by atoms with van der Waals surface area (Å²) in [6.45, 7) is 4.68. The Balaban J connectivity index is 1.92. The Labute approximate surface area is 154 Å². The number of carbonyl (C=O) groups excluding carboxylic acids is 2. The Morgan fingerprint density at radius 3 is 2.89 bits per heavy atom. The summed E-state index contributed by atoms with van der Waals surface area (Å²) in [6, 6.07) is 0. The van der Waals surface area contributed by atoms with Gasteiger partial charge in [-0.1, -0.05) is 13.8 Å². The lowest BCUT2D eigenvalue weighted by Crippen LogP contribution is -2.22. The van der Waals surface area contributed by atoms with E-state index in [1.54, 1.807) is 24.6 Å². The highest BCUT2D eigenvalue weighted by Gasteiger charge is 2.49. The highest BCUT2D eigenvalue weighted by Crippen LogP contribution is 2.52. The molecule has 3 rings (SSSR count). The average molecular weight is 375 g/mol. The minimum absolute atomic E-state index is 0.0375. The van der Waals surface area contributed by atoms with Gasteiger partial charge in [-0.15, -0.1) is 0 Å². The number of nitrogens with one attached hydrogen (secondary N) is 2. The Hall–Kier alpha value is -3.01. The molecule has 1 saturated carbocycles. The van der Waals surface area contributed by atoms with Crippen LogP contribution in [0.4, 0.5) is 5.95 Å². The first-order chi connectivity index (χ1) is 12.8. The van der Waals surface area contributed by atoms with Crippen molar-refractivity contribution in [1.82, 2.24) is 19.5 Å². The van der Waals surface area contributed by atoms with E-state index in [2.05, 4.69) is 20.3 Å². The summed E-state index contributed by atoms with van der Waals surface area (Å²) in [5.74, 6) is -0.919. The number of H-pyrrole nitrogens is 1. The van der Waals surface area contributed by atoms with Crippen LogP contribution in [-0.2, 0) is 14.3 Å². The van der Waals surface area contributed by atoms with Crippen molar-refractivity contribution in [2.75, 3.05) is 18.5 Å². The molecule has 0 spiro atoms. The Morgan fingerprint density at radius 2 is 2.26 bits per heavy atom. The van der Waals surface area contributed by atoms with Gasteiger partial charge in [0.15, 0.2) is 11.2 Å². The monoisotopic (exact) mass is 375 g/mol. The second-order valence-electron chi connectivity index (χ2n) is 6.93. The van der Waals surface area contributed by atoms with Crippen molar-refractivity contribution in [3.63, 3.8) is 0 Å². The van der Waals surface area contributed by atoms with Crippen LogP contribution in [0.3, 0.4) is 0 Å². The molecule has 3 N–H and O–H groups in total. The number of aromatic amines is 1. The number of esters is 1. The molecule has 0 bridgehead atoms. The lowest BCUT2D eigenvalue weighted by molar-refractivity contribution is -0.143. The van der Waals surface area contributed by atoms with Crippen LogP contribution in [0.1, 0.15) is 27.2 Å². The standard InChI is InChI=1S/C17H21N5O5/c1-9(2)14(25)20-16-19-13-12(15(26)21-16)18-8-22(13)5-11-4-17(11,6-23)7-27-10(3)24/h5,8-9,23H,4,6-7H2,1-3H3,(H2,19,20,21,25,26)/b11-5-/t17-/m0/s1. The molecular weight excluding hydrogens is 354 g/mol. The molecule has 10 heteroatoms. The second-order valence-corrected chi connectivity index (χ2v) is 6.93. The van der Waals surface area contributed by atoms with E-state index in [9.17, 15) is 19.5 Å². The maximum Gasteiger partial charge on any atom is 0.302 e. The van der Waals surface area contributed by atoms with Gasteiger partial charge in [0.1, 0.15) is 12.9 Å². The molecule has 1 fully saturated rings. The van der Waals surface area contributed by atoms with E-state index >= 15 is 0 Å². The molecule has 2 heterocycles. The summed E-state index contributed by atoms with van der Waals surface area (Å²) in [6.07, 6.45) is 3.69. The molecular formula is C17H21N5O5. The van der Waals surface area contributed by atoms with Crippen molar-refractivity contribution in [3.8, 4) is 0 Å². The predicted molar refractivity (Wildman–Crippen MR) is 96.7 cm³/mol. The smallest absolute Gasteiger partial charge is 0.302 e. The lowest BCUT2D eigenvalue weighted by atomic mass is 10.1. The maximum absolute atomic E-state index is 12.2. The van der Waals surface area contributed by atoms with Crippen LogP contribution in [0.25, 0.3) is 17.4 Å². The topological polar surface area (TPSA) is 139 Å². The number of hydrogen-bond donors (Lipinski definition) is 3. The fourth-order valence-electron chi connectivity index (χ4n) is 2.60. The van der Waals surface area contributed by atoms with Crippen LogP contribution in [0.5, 0.6) is 0 Å². The molecule has 2 aromatic heterocycles. The normalized spacial score (nSPS) is 20.3. The molecule has 0 unspecified atom stereocenters. The maximum atomic E-state index is 12.2. The first kappa shape index (κ1) is 18.8. The van der Waals surface area contributed by atoms with E-state index in [1.165, 1.54) is 13.3 Å². The van der Waals surface area contributed by atoms with Gasteiger partial charge in [0.25, 0.3) is 5.56 Å².